The number of carbonyl (C=O) groups excluding carboxylic acids is 1. The summed E-state index contributed by atoms with van der Waals surface area (Å²) in [7, 11) is 1.82. The molecule has 0 spiro atoms. The Morgan fingerprint density at radius 1 is 1.41 bits per heavy atom. The number of benzene rings is 1. The van der Waals surface area contributed by atoms with Gasteiger partial charge in [0.2, 0.25) is 5.82 Å². The van der Waals surface area contributed by atoms with E-state index in [9.17, 15) is 20.0 Å². The van der Waals surface area contributed by atoms with Crippen molar-refractivity contribution in [2.45, 2.75) is 13.0 Å². The van der Waals surface area contributed by atoms with Crippen LogP contribution in [0, 0.1) is 10.1 Å². The molecule has 1 aromatic carbocycles. The van der Waals surface area contributed by atoms with Crippen LogP contribution in [0.3, 0.4) is 0 Å². The fourth-order valence-electron chi connectivity index (χ4n) is 2.59. The molecule has 1 unspecified atom stereocenters. The van der Waals surface area contributed by atoms with E-state index in [2.05, 4.69) is 15.6 Å². The van der Waals surface area contributed by atoms with E-state index in [1.54, 1.807) is 6.92 Å². The SMILES string of the molecule is CCOC(=O)Nc1cc(N)c([N+](=O)[O-])c(NCC(O)CN(C)c2ccccc2)n1. The molecule has 11 heteroatoms. The summed E-state index contributed by atoms with van der Waals surface area (Å²) in [5, 5.41) is 26.7. The Morgan fingerprint density at radius 2 is 2.10 bits per heavy atom. The lowest BCUT2D eigenvalue weighted by Crippen LogP contribution is -2.34. The number of pyridine rings is 1. The van der Waals surface area contributed by atoms with E-state index in [1.807, 2.05) is 42.3 Å². The van der Waals surface area contributed by atoms with Gasteiger partial charge in [-0.2, -0.15) is 0 Å². The fraction of sp³-hybridized carbons (Fsp3) is 0.333. The summed E-state index contributed by atoms with van der Waals surface area (Å²) in [6.07, 6.45) is -1.62. The van der Waals surface area contributed by atoms with Crippen LogP contribution in [0.4, 0.5) is 33.5 Å². The highest BCUT2D eigenvalue weighted by atomic mass is 16.6. The number of likely N-dealkylation sites (N-methyl/N-ethyl adjacent to an activating group) is 1. The lowest BCUT2D eigenvalue weighted by molar-refractivity contribution is -0.383. The van der Waals surface area contributed by atoms with Gasteiger partial charge in [-0.15, -0.1) is 0 Å². The zero-order chi connectivity index (χ0) is 21.4. The molecule has 1 amide bonds. The third-order valence-electron chi connectivity index (χ3n) is 3.90. The summed E-state index contributed by atoms with van der Waals surface area (Å²) in [6, 6.07) is 10.6. The van der Waals surface area contributed by atoms with Crippen LogP contribution in [0.1, 0.15) is 6.92 Å². The van der Waals surface area contributed by atoms with Crippen molar-refractivity contribution in [3.8, 4) is 0 Å². The maximum atomic E-state index is 11.6. The molecule has 0 saturated heterocycles. The van der Waals surface area contributed by atoms with E-state index in [1.165, 1.54) is 6.07 Å². The largest absolute Gasteiger partial charge is 0.450 e. The predicted octanol–water partition coefficient (Wildman–Crippen LogP) is 2.05. The van der Waals surface area contributed by atoms with Gasteiger partial charge >= 0.3 is 11.8 Å². The van der Waals surface area contributed by atoms with E-state index >= 15 is 0 Å². The molecule has 1 aromatic heterocycles. The van der Waals surface area contributed by atoms with Crippen molar-refractivity contribution in [2.24, 2.45) is 0 Å². The average Bonchev–Trinajstić information content (AvgIpc) is 2.66. The topological polar surface area (TPSA) is 156 Å². The van der Waals surface area contributed by atoms with Gasteiger partial charge in [-0.05, 0) is 19.1 Å². The molecule has 0 bridgehead atoms. The maximum absolute atomic E-state index is 11.6. The molecular weight excluding hydrogens is 380 g/mol. The van der Waals surface area contributed by atoms with Crippen molar-refractivity contribution in [1.29, 1.82) is 0 Å². The van der Waals surface area contributed by atoms with Crippen molar-refractivity contribution in [1.82, 2.24) is 4.98 Å². The minimum Gasteiger partial charge on any atom is -0.450 e. The third kappa shape index (κ3) is 6.21. The first-order valence-electron chi connectivity index (χ1n) is 8.88. The number of rotatable bonds is 9. The Hall–Kier alpha value is -3.60. The van der Waals surface area contributed by atoms with E-state index in [0.29, 0.717) is 0 Å². The Bertz CT molecular complexity index is 848. The zero-order valence-electron chi connectivity index (χ0n) is 16.2. The Labute approximate surface area is 167 Å². The highest BCUT2D eigenvalue weighted by molar-refractivity contribution is 5.86. The summed E-state index contributed by atoms with van der Waals surface area (Å²) in [4.78, 5) is 28.1. The van der Waals surface area contributed by atoms with E-state index in [-0.39, 0.29) is 37.0 Å². The lowest BCUT2D eigenvalue weighted by Gasteiger charge is -2.23. The normalized spacial score (nSPS) is 11.4. The highest BCUT2D eigenvalue weighted by Gasteiger charge is 2.23. The summed E-state index contributed by atoms with van der Waals surface area (Å²) < 4.78 is 4.76. The number of amides is 1. The molecule has 156 valence electrons. The molecule has 11 nitrogen and oxygen atoms in total. The van der Waals surface area contributed by atoms with E-state index < -0.39 is 22.8 Å². The van der Waals surface area contributed by atoms with Crippen molar-refractivity contribution in [3.05, 3.63) is 46.5 Å². The Balaban J connectivity index is 2.09. The van der Waals surface area contributed by atoms with Gasteiger partial charge < -0.3 is 25.8 Å². The first kappa shape index (κ1) is 21.7. The number of nitrogens with zero attached hydrogens (tertiary/aromatic N) is 3. The number of nitrogens with two attached hydrogens (primary N) is 1. The number of nitrogens with one attached hydrogen (secondary N) is 2. The van der Waals surface area contributed by atoms with Crippen molar-refractivity contribution >= 4 is 34.8 Å². The molecule has 2 rings (SSSR count). The van der Waals surface area contributed by atoms with Crippen LogP contribution in [-0.2, 0) is 4.74 Å². The minimum atomic E-state index is -0.857. The second-order valence-electron chi connectivity index (χ2n) is 6.15. The molecule has 5 N–H and O–H groups in total. The summed E-state index contributed by atoms with van der Waals surface area (Å²) >= 11 is 0. The molecule has 0 fully saturated rings. The molecule has 0 saturated carbocycles. The van der Waals surface area contributed by atoms with Gasteiger partial charge in [-0.25, -0.2) is 9.78 Å². The molecule has 1 atom stereocenters. The molecule has 0 aliphatic carbocycles. The number of carbonyl (C=O) groups is 1. The Kier molecular flexibility index (Phi) is 7.54. The molecule has 29 heavy (non-hydrogen) atoms. The van der Waals surface area contributed by atoms with E-state index in [0.717, 1.165) is 5.69 Å². The van der Waals surface area contributed by atoms with Crippen molar-refractivity contribution in [3.63, 3.8) is 0 Å². The number of anilines is 4. The second-order valence-corrected chi connectivity index (χ2v) is 6.15. The standard InChI is InChI=1S/C18H24N6O5/c1-3-29-18(26)22-15-9-14(19)16(24(27)28)17(21-15)20-10-13(25)11-23(2)12-7-5-4-6-8-12/h4-9,13,25H,3,10-11H2,1-2H3,(H4,19,20,21,22,26). The molecule has 0 aliphatic rings. The molecular formula is C18H24N6O5. The highest BCUT2D eigenvalue weighted by Crippen LogP contribution is 2.31. The number of ether oxygens (including phenoxy) is 1. The van der Waals surface area contributed by atoms with E-state index in [4.69, 9.17) is 10.5 Å². The first-order valence-corrected chi connectivity index (χ1v) is 8.88. The number of nitro groups is 1. The number of aliphatic hydroxyl groups is 1. The summed E-state index contributed by atoms with van der Waals surface area (Å²) in [5.74, 6) is -0.173. The smallest absolute Gasteiger partial charge is 0.412 e. The second kappa shape index (κ2) is 10.1. The Morgan fingerprint density at radius 3 is 2.72 bits per heavy atom. The number of hydrogen-bond donors (Lipinski definition) is 4. The van der Waals surface area contributed by atoms with Gasteiger partial charge in [0.05, 0.1) is 17.6 Å². The number of nitrogen functional groups attached to an aromatic ring is 1. The fourth-order valence-corrected chi connectivity index (χ4v) is 2.59. The molecule has 1 heterocycles. The average molecular weight is 404 g/mol. The predicted molar refractivity (Wildman–Crippen MR) is 110 cm³/mol. The van der Waals surface area contributed by atoms with Crippen LogP contribution in [0.2, 0.25) is 0 Å². The number of para-hydroxylation sites is 1. The van der Waals surface area contributed by atoms with Crippen LogP contribution in [0.15, 0.2) is 36.4 Å². The zero-order valence-corrected chi connectivity index (χ0v) is 16.2. The molecule has 0 aliphatic heterocycles. The number of aromatic nitrogens is 1. The molecule has 2 aromatic rings. The lowest BCUT2D eigenvalue weighted by atomic mass is 10.2. The third-order valence-corrected chi connectivity index (χ3v) is 3.90. The van der Waals surface area contributed by atoms with Gasteiger partial charge in [0, 0.05) is 31.9 Å². The van der Waals surface area contributed by atoms with Crippen LogP contribution < -0.4 is 21.3 Å². The van der Waals surface area contributed by atoms with Gasteiger partial charge in [-0.3, -0.25) is 15.4 Å². The summed E-state index contributed by atoms with van der Waals surface area (Å²) in [6.45, 7) is 2.05. The van der Waals surface area contributed by atoms with Crippen molar-refractivity contribution < 1.29 is 19.6 Å². The number of aliphatic hydroxyl groups excluding tert-OH is 1. The minimum absolute atomic E-state index is 0.00931. The van der Waals surface area contributed by atoms with Gasteiger partial charge in [-0.1, -0.05) is 18.2 Å². The van der Waals surface area contributed by atoms with Gasteiger partial charge in [0.15, 0.2) is 0 Å². The molecule has 0 radical (unpaired) electrons. The first-order chi connectivity index (χ1) is 13.8. The summed E-state index contributed by atoms with van der Waals surface area (Å²) in [5.41, 5.74) is 6.04. The monoisotopic (exact) mass is 404 g/mol. The van der Waals surface area contributed by atoms with Crippen LogP contribution >= 0.6 is 0 Å². The quantitative estimate of drug-likeness (QED) is 0.363. The number of hydrogen-bond acceptors (Lipinski definition) is 9. The van der Waals surface area contributed by atoms with Gasteiger partial charge in [0.1, 0.15) is 11.5 Å². The van der Waals surface area contributed by atoms with Crippen molar-refractivity contribution in [2.75, 3.05) is 48.0 Å². The van der Waals surface area contributed by atoms with Crippen LogP contribution in [0.25, 0.3) is 0 Å². The van der Waals surface area contributed by atoms with Crippen LogP contribution in [-0.4, -0.2) is 54.0 Å². The van der Waals surface area contributed by atoms with Gasteiger partial charge in [0.25, 0.3) is 0 Å². The maximum Gasteiger partial charge on any atom is 0.412 e. The van der Waals surface area contributed by atoms with Crippen LogP contribution in [0.5, 0.6) is 0 Å².